The Morgan fingerprint density at radius 3 is 2.38 bits per heavy atom. The Labute approximate surface area is 281 Å². The van der Waals surface area contributed by atoms with E-state index >= 15 is 0 Å². The molecule has 0 saturated heterocycles. The van der Waals surface area contributed by atoms with E-state index < -0.39 is 0 Å². The molecule has 4 nitrogen and oxygen atoms in total. The van der Waals surface area contributed by atoms with Gasteiger partial charge in [0.25, 0.3) is 0 Å². The predicted molar refractivity (Wildman–Crippen MR) is 200 cm³/mol. The van der Waals surface area contributed by atoms with Crippen LogP contribution in [0.25, 0.3) is 44.8 Å². The normalized spacial score (nSPS) is 18.5. The number of nitrogens with one attached hydrogen (secondary N) is 2. The number of allylic oxidation sites excluding steroid dienone is 3. The number of fused-ring (bicyclic) bond motifs is 6. The first-order valence-corrected chi connectivity index (χ1v) is 16.6. The molecule has 4 N–H and O–H groups in total. The van der Waals surface area contributed by atoms with Gasteiger partial charge in [-0.25, -0.2) is 0 Å². The van der Waals surface area contributed by atoms with Gasteiger partial charge in [0.05, 0.1) is 17.4 Å². The number of nitrogens with two attached hydrogens (primary N) is 1. The van der Waals surface area contributed by atoms with Crippen LogP contribution in [0, 0.1) is 10.8 Å². The Morgan fingerprint density at radius 2 is 1.54 bits per heavy atom. The number of aromatic nitrogens is 1. The average Bonchev–Trinajstić information content (AvgIpc) is 3.80. The second kappa shape index (κ2) is 10.6. The Morgan fingerprint density at radius 1 is 0.771 bits per heavy atom. The summed E-state index contributed by atoms with van der Waals surface area (Å²) >= 11 is 0. The molecule has 5 aromatic carbocycles. The van der Waals surface area contributed by atoms with E-state index in [1.165, 1.54) is 39.1 Å². The highest BCUT2D eigenvalue weighted by Crippen LogP contribution is 2.52. The van der Waals surface area contributed by atoms with E-state index in [1.807, 2.05) is 12.1 Å². The van der Waals surface area contributed by atoms with Gasteiger partial charge in [-0.3, -0.25) is 5.41 Å². The fourth-order valence-electron chi connectivity index (χ4n) is 8.13. The number of benzene rings is 5. The van der Waals surface area contributed by atoms with Crippen LogP contribution in [-0.4, -0.2) is 10.3 Å². The summed E-state index contributed by atoms with van der Waals surface area (Å²) in [6.45, 7) is 4.25. The number of nitrogens with zero attached hydrogens (tertiary/aromatic N) is 1. The maximum absolute atomic E-state index is 9.44. The summed E-state index contributed by atoms with van der Waals surface area (Å²) in [4.78, 5) is 0. The lowest BCUT2D eigenvalue weighted by atomic mass is 9.80. The molecule has 2 aliphatic carbocycles. The van der Waals surface area contributed by atoms with Crippen molar-refractivity contribution in [3.8, 4) is 27.9 Å². The molecule has 0 amide bonds. The SMILES string of the molecule is CC1(C)C=CC(N)=C1C(=N)c1ccccc1-c1cc(-c2cccc3c2NC2c4ccn(-c5ccccc5)c4C=CC32)cc2ccccc12. The highest BCUT2D eigenvalue weighted by atomic mass is 15.0. The molecule has 6 aromatic rings. The fourth-order valence-corrected chi connectivity index (χ4v) is 8.13. The number of para-hydroxylation sites is 2. The number of hydrogen-bond donors (Lipinski definition) is 3. The lowest BCUT2D eigenvalue weighted by Gasteiger charge is -2.24. The van der Waals surface area contributed by atoms with Crippen molar-refractivity contribution in [1.29, 1.82) is 5.41 Å². The van der Waals surface area contributed by atoms with Gasteiger partial charge in [0, 0.05) is 56.9 Å². The minimum atomic E-state index is -0.304. The first-order chi connectivity index (χ1) is 23.4. The minimum Gasteiger partial charge on any atom is -0.398 e. The zero-order chi connectivity index (χ0) is 32.6. The molecule has 0 spiro atoms. The van der Waals surface area contributed by atoms with Crippen molar-refractivity contribution >= 4 is 28.2 Å². The molecule has 1 aromatic heterocycles. The summed E-state index contributed by atoms with van der Waals surface area (Å²) in [5.74, 6) is 0.252. The van der Waals surface area contributed by atoms with Crippen LogP contribution in [0.1, 0.15) is 48.2 Å². The summed E-state index contributed by atoms with van der Waals surface area (Å²) in [6.07, 6.45) is 10.9. The number of rotatable bonds is 5. The van der Waals surface area contributed by atoms with Gasteiger partial charge in [-0.05, 0) is 75.5 Å². The molecule has 9 rings (SSSR count). The molecule has 232 valence electrons. The lowest BCUT2D eigenvalue weighted by Crippen LogP contribution is -2.20. The highest BCUT2D eigenvalue weighted by Gasteiger charge is 2.37. The third-order valence-corrected chi connectivity index (χ3v) is 10.4. The molecule has 0 radical (unpaired) electrons. The predicted octanol–water partition coefficient (Wildman–Crippen LogP) is 10.4. The zero-order valence-electron chi connectivity index (χ0n) is 27.0. The van der Waals surface area contributed by atoms with Crippen LogP contribution in [-0.2, 0) is 0 Å². The third kappa shape index (κ3) is 4.26. The Bertz CT molecular complexity index is 2380. The Balaban J connectivity index is 1.17. The Kier molecular flexibility index (Phi) is 6.25. The first-order valence-electron chi connectivity index (χ1n) is 16.6. The van der Waals surface area contributed by atoms with Crippen LogP contribution in [0.2, 0.25) is 0 Å². The summed E-state index contributed by atoms with van der Waals surface area (Å²) in [6, 6.07) is 41.2. The zero-order valence-corrected chi connectivity index (χ0v) is 27.0. The third-order valence-electron chi connectivity index (χ3n) is 10.4. The van der Waals surface area contributed by atoms with Gasteiger partial charge >= 0.3 is 0 Å². The van der Waals surface area contributed by atoms with E-state index in [0.717, 1.165) is 33.2 Å². The van der Waals surface area contributed by atoms with Gasteiger partial charge in [-0.15, -0.1) is 0 Å². The van der Waals surface area contributed by atoms with E-state index in [4.69, 9.17) is 5.73 Å². The van der Waals surface area contributed by atoms with Gasteiger partial charge in [-0.2, -0.15) is 0 Å². The smallest absolute Gasteiger partial charge is 0.0679 e. The molecule has 48 heavy (non-hydrogen) atoms. The molecule has 4 heteroatoms. The topological polar surface area (TPSA) is 66.8 Å². The molecule has 0 bridgehead atoms. The van der Waals surface area contributed by atoms with Crippen LogP contribution in [0.4, 0.5) is 5.69 Å². The van der Waals surface area contributed by atoms with Crippen molar-refractivity contribution in [2.75, 3.05) is 5.32 Å². The van der Waals surface area contributed by atoms with E-state index in [2.05, 4.69) is 157 Å². The van der Waals surface area contributed by atoms with Crippen LogP contribution in [0.5, 0.6) is 0 Å². The van der Waals surface area contributed by atoms with Crippen molar-refractivity contribution in [2.24, 2.45) is 11.1 Å². The first kappa shape index (κ1) is 28.4. The highest BCUT2D eigenvalue weighted by molar-refractivity contribution is 6.17. The standard InChI is InChI=1S/C44H36N4/c1-44(2)23-21-38(45)40(44)41(46)33-16-9-8-15-32(33)37-26-28(25-27-11-6-7-14-30(27)37)31-17-10-18-34-35-19-20-39-36(43(35)47-42(31)34)22-24-48(39)29-12-4-3-5-13-29/h3-26,35,43,46-47H,45H2,1-2H3. The summed E-state index contributed by atoms with van der Waals surface area (Å²) < 4.78 is 2.28. The largest absolute Gasteiger partial charge is 0.398 e. The Hall–Kier alpha value is -5.87. The second-order valence-electron chi connectivity index (χ2n) is 13.7. The van der Waals surface area contributed by atoms with Gasteiger partial charge in [0.2, 0.25) is 0 Å². The van der Waals surface area contributed by atoms with Crippen molar-refractivity contribution in [3.05, 3.63) is 173 Å². The average molecular weight is 621 g/mol. The van der Waals surface area contributed by atoms with Crippen LogP contribution >= 0.6 is 0 Å². The molecule has 2 unspecified atom stereocenters. The molecule has 3 aliphatic rings. The molecule has 0 saturated carbocycles. The van der Waals surface area contributed by atoms with E-state index in [-0.39, 0.29) is 17.4 Å². The summed E-state index contributed by atoms with van der Waals surface area (Å²) in [7, 11) is 0. The van der Waals surface area contributed by atoms with Crippen molar-refractivity contribution < 1.29 is 0 Å². The summed E-state index contributed by atoms with van der Waals surface area (Å²) in [5.41, 5.74) is 19.8. The van der Waals surface area contributed by atoms with Crippen LogP contribution in [0.15, 0.2) is 151 Å². The van der Waals surface area contributed by atoms with E-state index in [1.54, 1.807) is 0 Å². The minimum absolute atomic E-state index is 0.161. The van der Waals surface area contributed by atoms with Crippen molar-refractivity contribution in [1.82, 2.24) is 4.57 Å². The molecule has 1 aliphatic heterocycles. The van der Waals surface area contributed by atoms with Gasteiger partial charge < -0.3 is 15.6 Å². The molecule has 2 atom stereocenters. The van der Waals surface area contributed by atoms with Crippen LogP contribution in [0.3, 0.4) is 0 Å². The van der Waals surface area contributed by atoms with Crippen molar-refractivity contribution in [3.63, 3.8) is 0 Å². The molecular formula is C44H36N4. The second-order valence-corrected chi connectivity index (χ2v) is 13.7. The summed E-state index contributed by atoms with van der Waals surface area (Å²) in [5, 5.41) is 15.8. The fraction of sp³-hybridized carbons (Fsp3) is 0.114. The van der Waals surface area contributed by atoms with Gasteiger partial charge in [0.15, 0.2) is 0 Å². The maximum Gasteiger partial charge on any atom is 0.0679 e. The quantitative estimate of drug-likeness (QED) is 0.168. The monoisotopic (exact) mass is 620 g/mol. The number of hydrogen-bond acceptors (Lipinski definition) is 3. The van der Waals surface area contributed by atoms with E-state index in [0.29, 0.717) is 11.4 Å². The molecular weight excluding hydrogens is 585 g/mol. The van der Waals surface area contributed by atoms with E-state index in [9.17, 15) is 5.41 Å². The maximum atomic E-state index is 9.44. The van der Waals surface area contributed by atoms with Crippen LogP contribution < -0.4 is 11.1 Å². The van der Waals surface area contributed by atoms with Gasteiger partial charge in [-0.1, -0.05) is 111 Å². The van der Waals surface area contributed by atoms with Gasteiger partial charge in [0.1, 0.15) is 0 Å². The molecule has 2 heterocycles. The molecule has 0 fully saturated rings. The number of anilines is 1. The van der Waals surface area contributed by atoms with Crippen molar-refractivity contribution in [2.45, 2.75) is 25.8 Å². The lowest BCUT2D eigenvalue weighted by molar-refractivity contribution is 0.611.